The standard InChI is InChI=1S/C20H24F2N2/c21-17-5-1-3-15(11-17)13-23-19-7-9-20(10-8-19)24-14-16-4-2-6-18(22)12-16/h1-6,11-12,19-20,23-24H,7-10,13-14H2. The molecule has 2 nitrogen and oxygen atoms in total. The van der Waals surface area contributed by atoms with Gasteiger partial charge in [0.15, 0.2) is 0 Å². The van der Waals surface area contributed by atoms with Gasteiger partial charge in [0.1, 0.15) is 11.6 Å². The molecule has 2 N–H and O–H groups in total. The third-order valence-corrected chi connectivity index (χ3v) is 4.69. The van der Waals surface area contributed by atoms with Crippen molar-refractivity contribution < 1.29 is 8.78 Å². The van der Waals surface area contributed by atoms with Gasteiger partial charge in [-0.2, -0.15) is 0 Å². The molecule has 1 aliphatic carbocycles. The lowest BCUT2D eigenvalue weighted by Gasteiger charge is -2.30. The topological polar surface area (TPSA) is 24.1 Å². The van der Waals surface area contributed by atoms with Crippen LogP contribution in [0.4, 0.5) is 8.78 Å². The summed E-state index contributed by atoms with van der Waals surface area (Å²) >= 11 is 0. The van der Waals surface area contributed by atoms with Crippen LogP contribution in [0.2, 0.25) is 0 Å². The molecule has 0 saturated heterocycles. The van der Waals surface area contributed by atoms with Crippen LogP contribution in [0.25, 0.3) is 0 Å². The molecule has 1 saturated carbocycles. The third-order valence-electron chi connectivity index (χ3n) is 4.69. The van der Waals surface area contributed by atoms with Gasteiger partial charge < -0.3 is 10.6 Å². The van der Waals surface area contributed by atoms with Crippen molar-refractivity contribution in [2.45, 2.75) is 50.9 Å². The average molecular weight is 330 g/mol. The van der Waals surface area contributed by atoms with Gasteiger partial charge in [0.25, 0.3) is 0 Å². The van der Waals surface area contributed by atoms with Crippen LogP contribution in [0.5, 0.6) is 0 Å². The Balaban J connectivity index is 1.38. The summed E-state index contributed by atoms with van der Waals surface area (Å²) in [4.78, 5) is 0. The maximum atomic E-state index is 13.2. The highest BCUT2D eigenvalue weighted by Gasteiger charge is 2.20. The number of hydrogen-bond acceptors (Lipinski definition) is 2. The van der Waals surface area contributed by atoms with E-state index in [9.17, 15) is 8.78 Å². The van der Waals surface area contributed by atoms with Crippen molar-refractivity contribution in [1.29, 1.82) is 0 Å². The van der Waals surface area contributed by atoms with Crippen LogP contribution in [-0.2, 0) is 13.1 Å². The number of hydrogen-bond donors (Lipinski definition) is 2. The first kappa shape index (κ1) is 17.1. The van der Waals surface area contributed by atoms with E-state index in [-0.39, 0.29) is 11.6 Å². The fraction of sp³-hybridized carbons (Fsp3) is 0.400. The Kier molecular flexibility index (Phi) is 5.94. The van der Waals surface area contributed by atoms with Crippen LogP contribution in [0.3, 0.4) is 0 Å². The van der Waals surface area contributed by atoms with E-state index < -0.39 is 0 Å². The molecule has 0 radical (unpaired) electrons. The zero-order valence-electron chi connectivity index (χ0n) is 13.8. The Morgan fingerprint density at radius 3 is 1.50 bits per heavy atom. The summed E-state index contributed by atoms with van der Waals surface area (Å²) in [6.45, 7) is 1.42. The minimum atomic E-state index is -0.181. The maximum absolute atomic E-state index is 13.2. The molecule has 128 valence electrons. The predicted molar refractivity (Wildman–Crippen MR) is 92.5 cm³/mol. The Morgan fingerprint density at radius 1 is 0.708 bits per heavy atom. The second-order valence-electron chi connectivity index (χ2n) is 6.57. The predicted octanol–water partition coefficient (Wildman–Crippen LogP) is 4.16. The molecule has 0 amide bonds. The SMILES string of the molecule is Fc1cccc(CNC2CCC(NCc3cccc(F)c3)CC2)c1. The largest absolute Gasteiger partial charge is 0.310 e. The van der Waals surface area contributed by atoms with Crippen molar-refractivity contribution >= 4 is 0 Å². The lowest BCUT2D eigenvalue weighted by Crippen LogP contribution is -2.39. The minimum Gasteiger partial charge on any atom is -0.310 e. The highest BCUT2D eigenvalue weighted by Crippen LogP contribution is 2.19. The second-order valence-corrected chi connectivity index (χ2v) is 6.57. The molecule has 0 atom stereocenters. The fourth-order valence-electron chi connectivity index (χ4n) is 3.32. The first-order chi connectivity index (χ1) is 11.7. The fourth-order valence-corrected chi connectivity index (χ4v) is 3.32. The summed E-state index contributed by atoms with van der Waals surface area (Å²) < 4.78 is 26.3. The van der Waals surface area contributed by atoms with E-state index in [1.807, 2.05) is 12.1 Å². The van der Waals surface area contributed by atoms with Gasteiger partial charge in [-0.05, 0) is 61.1 Å². The molecule has 0 spiro atoms. The number of halogens is 2. The van der Waals surface area contributed by atoms with Gasteiger partial charge in [0.05, 0.1) is 0 Å². The quantitative estimate of drug-likeness (QED) is 0.831. The van der Waals surface area contributed by atoms with Gasteiger partial charge in [-0.1, -0.05) is 24.3 Å². The number of benzene rings is 2. The highest BCUT2D eigenvalue weighted by atomic mass is 19.1. The molecule has 0 unspecified atom stereocenters. The molecule has 1 fully saturated rings. The monoisotopic (exact) mass is 330 g/mol. The van der Waals surface area contributed by atoms with Crippen molar-refractivity contribution in [2.24, 2.45) is 0 Å². The highest BCUT2D eigenvalue weighted by molar-refractivity contribution is 5.17. The normalized spacial score (nSPS) is 20.9. The smallest absolute Gasteiger partial charge is 0.123 e. The molecule has 4 heteroatoms. The van der Waals surface area contributed by atoms with Crippen LogP contribution in [0.15, 0.2) is 48.5 Å². The first-order valence-electron chi connectivity index (χ1n) is 8.65. The van der Waals surface area contributed by atoms with Gasteiger partial charge in [0, 0.05) is 25.2 Å². The van der Waals surface area contributed by atoms with E-state index in [2.05, 4.69) is 10.6 Å². The van der Waals surface area contributed by atoms with Gasteiger partial charge in [0.2, 0.25) is 0 Å². The van der Waals surface area contributed by atoms with Gasteiger partial charge in [-0.15, -0.1) is 0 Å². The van der Waals surface area contributed by atoms with Crippen molar-refractivity contribution in [3.8, 4) is 0 Å². The Labute approximate surface area is 142 Å². The average Bonchev–Trinajstić information content (AvgIpc) is 2.59. The lowest BCUT2D eigenvalue weighted by molar-refractivity contribution is 0.305. The van der Waals surface area contributed by atoms with Crippen LogP contribution in [0.1, 0.15) is 36.8 Å². The van der Waals surface area contributed by atoms with Crippen LogP contribution in [-0.4, -0.2) is 12.1 Å². The van der Waals surface area contributed by atoms with E-state index in [1.165, 1.54) is 12.1 Å². The minimum absolute atomic E-state index is 0.181. The molecular weight excluding hydrogens is 306 g/mol. The molecule has 0 bridgehead atoms. The summed E-state index contributed by atoms with van der Waals surface area (Å²) in [6.07, 6.45) is 4.43. The van der Waals surface area contributed by atoms with E-state index in [1.54, 1.807) is 24.3 Å². The summed E-state index contributed by atoms with van der Waals surface area (Å²) in [5, 5.41) is 7.05. The summed E-state index contributed by atoms with van der Waals surface area (Å²) in [6, 6.07) is 14.5. The molecule has 2 aromatic carbocycles. The Hall–Kier alpha value is -1.78. The maximum Gasteiger partial charge on any atom is 0.123 e. The molecular formula is C20H24F2N2. The summed E-state index contributed by atoms with van der Waals surface area (Å²) in [5.74, 6) is -0.362. The molecule has 0 heterocycles. The summed E-state index contributed by atoms with van der Waals surface area (Å²) in [7, 11) is 0. The molecule has 0 aromatic heterocycles. The van der Waals surface area contributed by atoms with Gasteiger partial charge in [-0.3, -0.25) is 0 Å². The first-order valence-corrected chi connectivity index (χ1v) is 8.65. The molecule has 1 aliphatic rings. The zero-order valence-corrected chi connectivity index (χ0v) is 13.8. The van der Waals surface area contributed by atoms with Crippen LogP contribution >= 0.6 is 0 Å². The van der Waals surface area contributed by atoms with Crippen molar-refractivity contribution in [3.05, 3.63) is 71.3 Å². The second kappa shape index (κ2) is 8.36. The van der Waals surface area contributed by atoms with E-state index >= 15 is 0 Å². The lowest BCUT2D eigenvalue weighted by atomic mass is 9.91. The molecule has 2 aromatic rings. The molecule has 0 aliphatic heterocycles. The van der Waals surface area contributed by atoms with Crippen LogP contribution < -0.4 is 10.6 Å². The number of rotatable bonds is 6. The molecule has 24 heavy (non-hydrogen) atoms. The van der Waals surface area contributed by atoms with Crippen molar-refractivity contribution in [1.82, 2.24) is 10.6 Å². The Morgan fingerprint density at radius 2 is 1.12 bits per heavy atom. The van der Waals surface area contributed by atoms with E-state index in [0.29, 0.717) is 25.2 Å². The van der Waals surface area contributed by atoms with Crippen LogP contribution in [0, 0.1) is 11.6 Å². The van der Waals surface area contributed by atoms with E-state index in [0.717, 1.165) is 36.8 Å². The van der Waals surface area contributed by atoms with E-state index in [4.69, 9.17) is 0 Å². The van der Waals surface area contributed by atoms with Crippen molar-refractivity contribution in [3.63, 3.8) is 0 Å². The number of nitrogens with one attached hydrogen (secondary N) is 2. The summed E-state index contributed by atoms with van der Waals surface area (Å²) in [5.41, 5.74) is 1.97. The van der Waals surface area contributed by atoms with Crippen molar-refractivity contribution in [2.75, 3.05) is 0 Å². The van der Waals surface area contributed by atoms with Gasteiger partial charge >= 0.3 is 0 Å². The zero-order chi connectivity index (χ0) is 16.8. The Bertz CT molecular complexity index is 594. The molecule has 3 rings (SSSR count). The third kappa shape index (κ3) is 5.11. The van der Waals surface area contributed by atoms with Gasteiger partial charge in [-0.25, -0.2) is 8.78 Å².